The molecule has 1 N–H and O–H groups in total. The van der Waals surface area contributed by atoms with Crippen molar-refractivity contribution in [1.82, 2.24) is 5.43 Å². The van der Waals surface area contributed by atoms with Crippen LogP contribution in [0.3, 0.4) is 0 Å². The highest BCUT2D eigenvalue weighted by Gasteiger charge is 2.08. The van der Waals surface area contributed by atoms with Crippen LogP contribution in [0.4, 0.5) is 0 Å². The van der Waals surface area contributed by atoms with E-state index in [0.29, 0.717) is 26.2 Å². The van der Waals surface area contributed by atoms with E-state index in [2.05, 4.69) is 10.5 Å². The van der Waals surface area contributed by atoms with E-state index < -0.39 is 5.91 Å². The number of halogens is 3. The Morgan fingerprint density at radius 2 is 1.55 bits per heavy atom. The number of carbonyl (C=O) groups is 1. The number of nitrogens with one attached hydrogen (secondary N) is 1. The highest BCUT2D eigenvalue weighted by Crippen LogP contribution is 2.22. The Kier molecular flexibility index (Phi) is 5.01. The van der Waals surface area contributed by atoms with Gasteiger partial charge in [0.15, 0.2) is 0 Å². The molecular formula is C14H9Cl3N2O. The lowest BCUT2D eigenvalue weighted by molar-refractivity contribution is 0.0955. The van der Waals surface area contributed by atoms with Crippen LogP contribution in [0.5, 0.6) is 0 Å². The zero-order valence-corrected chi connectivity index (χ0v) is 12.4. The van der Waals surface area contributed by atoms with Crippen molar-refractivity contribution in [3.63, 3.8) is 0 Å². The molecule has 0 aliphatic heterocycles. The first-order chi connectivity index (χ1) is 9.59. The molecule has 0 bridgehead atoms. The molecule has 0 spiro atoms. The Hall–Kier alpha value is -1.55. The van der Waals surface area contributed by atoms with Crippen molar-refractivity contribution in [3.8, 4) is 0 Å². The van der Waals surface area contributed by atoms with Crippen LogP contribution in [0.25, 0.3) is 0 Å². The van der Waals surface area contributed by atoms with Crippen molar-refractivity contribution in [2.24, 2.45) is 5.10 Å². The zero-order chi connectivity index (χ0) is 14.5. The second-order valence-corrected chi connectivity index (χ2v) is 5.04. The second kappa shape index (κ2) is 6.75. The average Bonchev–Trinajstić information content (AvgIpc) is 2.42. The second-order valence-electron chi connectivity index (χ2n) is 3.81. The first kappa shape index (κ1) is 14.9. The van der Waals surface area contributed by atoms with Gasteiger partial charge >= 0.3 is 0 Å². The molecule has 0 fully saturated rings. The van der Waals surface area contributed by atoms with Gasteiger partial charge in [0.05, 0.1) is 26.8 Å². The number of hydrogen-bond donors (Lipinski definition) is 1. The molecule has 1 amide bonds. The third-order valence-electron chi connectivity index (χ3n) is 2.48. The molecule has 0 aliphatic rings. The predicted octanol–water partition coefficient (Wildman–Crippen LogP) is 4.41. The van der Waals surface area contributed by atoms with Gasteiger partial charge in [0, 0.05) is 5.56 Å². The Labute approximate surface area is 131 Å². The Morgan fingerprint density at radius 1 is 0.950 bits per heavy atom. The lowest BCUT2D eigenvalue weighted by Gasteiger charge is -2.03. The van der Waals surface area contributed by atoms with Crippen LogP contribution < -0.4 is 5.43 Å². The normalized spacial score (nSPS) is 10.8. The first-order valence-corrected chi connectivity index (χ1v) is 6.75. The van der Waals surface area contributed by atoms with E-state index in [4.69, 9.17) is 34.8 Å². The number of rotatable bonds is 3. The maximum Gasteiger partial charge on any atom is 0.272 e. The third kappa shape index (κ3) is 3.51. The smallest absolute Gasteiger partial charge is 0.267 e. The summed E-state index contributed by atoms with van der Waals surface area (Å²) < 4.78 is 0. The van der Waals surface area contributed by atoms with Gasteiger partial charge in [-0.2, -0.15) is 5.10 Å². The standard InChI is InChI=1S/C14H9Cl3N2O/c15-11-5-2-1-4-9(11)14(20)19-18-8-10-12(16)6-3-7-13(10)17/h1-8H,(H,19,20). The van der Waals surface area contributed by atoms with E-state index in [1.54, 1.807) is 42.5 Å². The number of nitrogens with zero attached hydrogens (tertiary/aromatic N) is 1. The molecule has 0 heterocycles. The fraction of sp³-hybridized carbons (Fsp3) is 0. The number of carbonyl (C=O) groups excluding carboxylic acids is 1. The van der Waals surface area contributed by atoms with Crippen molar-refractivity contribution < 1.29 is 4.79 Å². The van der Waals surface area contributed by atoms with Crippen LogP contribution in [0, 0.1) is 0 Å². The van der Waals surface area contributed by atoms with Crippen molar-refractivity contribution in [1.29, 1.82) is 0 Å². The Morgan fingerprint density at radius 3 is 2.20 bits per heavy atom. The summed E-state index contributed by atoms with van der Waals surface area (Å²) in [7, 11) is 0. The topological polar surface area (TPSA) is 41.5 Å². The van der Waals surface area contributed by atoms with E-state index in [0.717, 1.165) is 0 Å². The predicted molar refractivity (Wildman–Crippen MR) is 83.0 cm³/mol. The summed E-state index contributed by atoms with van der Waals surface area (Å²) in [6, 6.07) is 11.8. The van der Waals surface area contributed by atoms with Gasteiger partial charge in [-0.15, -0.1) is 0 Å². The molecule has 0 atom stereocenters. The van der Waals surface area contributed by atoms with Gasteiger partial charge in [-0.05, 0) is 24.3 Å². The summed E-state index contributed by atoms with van der Waals surface area (Å²) >= 11 is 17.9. The van der Waals surface area contributed by atoms with Gasteiger partial charge < -0.3 is 0 Å². The maximum atomic E-state index is 11.9. The van der Waals surface area contributed by atoms with Crippen LogP contribution in [0.1, 0.15) is 15.9 Å². The average molecular weight is 328 g/mol. The summed E-state index contributed by atoms with van der Waals surface area (Å²) in [5, 5.41) is 5.09. The van der Waals surface area contributed by atoms with Gasteiger partial charge in [0.2, 0.25) is 0 Å². The van der Waals surface area contributed by atoms with E-state index >= 15 is 0 Å². The van der Waals surface area contributed by atoms with Crippen molar-refractivity contribution in [3.05, 3.63) is 68.7 Å². The van der Waals surface area contributed by atoms with E-state index in [9.17, 15) is 4.79 Å². The fourth-order valence-corrected chi connectivity index (χ4v) is 2.21. The quantitative estimate of drug-likeness (QED) is 0.658. The van der Waals surface area contributed by atoms with E-state index in [-0.39, 0.29) is 0 Å². The monoisotopic (exact) mass is 326 g/mol. The fourth-order valence-electron chi connectivity index (χ4n) is 1.50. The first-order valence-electron chi connectivity index (χ1n) is 5.61. The van der Waals surface area contributed by atoms with Crippen molar-refractivity contribution >= 4 is 46.9 Å². The van der Waals surface area contributed by atoms with Gasteiger partial charge in [-0.1, -0.05) is 53.0 Å². The summed E-state index contributed by atoms with van der Waals surface area (Å²) in [5.74, 6) is -0.407. The maximum absolute atomic E-state index is 11.9. The summed E-state index contributed by atoms with van der Waals surface area (Å²) in [6.07, 6.45) is 1.39. The lowest BCUT2D eigenvalue weighted by atomic mass is 10.2. The van der Waals surface area contributed by atoms with Gasteiger partial charge in [0.1, 0.15) is 0 Å². The minimum atomic E-state index is -0.407. The Bertz CT molecular complexity index is 651. The molecule has 102 valence electrons. The molecule has 20 heavy (non-hydrogen) atoms. The molecule has 3 nitrogen and oxygen atoms in total. The molecular weight excluding hydrogens is 319 g/mol. The molecule has 2 aromatic carbocycles. The summed E-state index contributed by atoms with van der Waals surface area (Å²) in [5.41, 5.74) is 3.25. The van der Waals surface area contributed by atoms with Crippen LogP contribution in [-0.2, 0) is 0 Å². The third-order valence-corrected chi connectivity index (χ3v) is 3.47. The molecule has 0 unspecified atom stereocenters. The molecule has 0 saturated heterocycles. The van der Waals surface area contributed by atoms with E-state index in [1.807, 2.05) is 0 Å². The van der Waals surface area contributed by atoms with Crippen LogP contribution in [0.2, 0.25) is 15.1 Å². The van der Waals surface area contributed by atoms with Crippen molar-refractivity contribution in [2.45, 2.75) is 0 Å². The minimum Gasteiger partial charge on any atom is -0.267 e. The van der Waals surface area contributed by atoms with Crippen LogP contribution in [-0.4, -0.2) is 12.1 Å². The van der Waals surface area contributed by atoms with Gasteiger partial charge in [0.25, 0.3) is 5.91 Å². The van der Waals surface area contributed by atoms with Crippen LogP contribution >= 0.6 is 34.8 Å². The molecule has 2 rings (SSSR count). The summed E-state index contributed by atoms with van der Waals surface area (Å²) in [4.78, 5) is 11.9. The largest absolute Gasteiger partial charge is 0.272 e. The molecule has 0 aliphatic carbocycles. The SMILES string of the molecule is O=C(NN=Cc1c(Cl)cccc1Cl)c1ccccc1Cl. The summed E-state index contributed by atoms with van der Waals surface area (Å²) in [6.45, 7) is 0. The molecule has 0 aromatic heterocycles. The number of benzene rings is 2. The zero-order valence-electron chi connectivity index (χ0n) is 10.1. The number of hydrogen-bond acceptors (Lipinski definition) is 2. The molecule has 2 aromatic rings. The highest BCUT2D eigenvalue weighted by molar-refractivity contribution is 6.38. The molecule has 6 heteroatoms. The lowest BCUT2D eigenvalue weighted by Crippen LogP contribution is -2.18. The van der Waals surface area contributed by atoms with Crippen molar-refractivity contribution in [2.75, 3.05) is 0 Å². The number of hydrazone groups is 1. The minimum absolute atomic E-state index is 0.344. The van der Waals surface area contributed by atoms with Gasteiger partial charge in [-0.25, -0.2) is 5.43 Å². The number of amides is 1. The highest BCUT2D eigenvalue weighted by atomic mass is 35.5. The Balaban J connectivity index is 2.11. The van der Waals surface area contributed by atoms with E-state index in [1.165, 1.54) is 6.21 Å². The molecule has 0 saturated carbocycles. The van der Waals surface area contributed by atoms with Gasteiger partial charge in [-0.3, -0.25) is 4.79 Å². The van der Waals surface area contributed by atoms with Crippen LogP contribution in [0.15, 0.2) is 47.6 Å². The molecule has 0 radical (unpaired) electrons.